The van der Waals surface area contributed by atoms with E-state index in [1.165, 1.54) is 0 Å². The highest BCUT2D eigenvalue weighted by atomic mass is 19.4. The quantitative estimate of drug-likeness (QED) is 0.392. The summed E-state index contributed by atoms with van der Waals surface area (Å²) in [5, 5.41) is 9.17. The molecule has 6 nitrogen and oxygen atoms in total. The number of pyridine rings is 1. The molecule has 0 bridgehead atoms. The van der Waals surface area contributed by atoms with E-state index in [-0.39, 0.29) is 13.1 Å². The topological polar surface area (TPSA) is 52.5 Å². The van der Waals surface area contributed by atoms with Crippen LogP contribution in [0.4, 0.5) is 13.2 Å². The number of aromatic nitrogens is 3. The summed E-state index contributed by atoms with van der Waals surface area (Å²) >= 11 is 0. The van der Waals surface area contributed by atoms with Crippen molar-refractivity contribution in [1.82, 2.24) is 23.8 Å². The van der Waals surface area contributed by atoms with Gasteiger partial charge in [0.15, 0.2) is 0 Å². The van der Waals surface area contributed by atoms with Crippen LogP contribution >= 0.6 is 0 Å². The number of rotatable bonds is 4. The second kappa shape index (κ2) is 9.21. The molecule has 1 aliphatic rings. The second-order valence-electron chi connectivity index (χ2n) is 8.83. The van der Waals surface area contributed by atoms with Crippen LogP contribution < -0.4 is 0 Å². The van der Waals surface area contributed by atoms with Gasteiger partial charge in [-0.3, -0.25) is 4.90 Å². The van der Waals surface area contributed by atoms with E-state index in [1.54, 1.807) is 12.1 Å². The van der Waals surface area contributed by atoms with Crippen LogP contribution in [0.25, 0.3) is 28.2 Å². The lowest BCUT2D eigenvalue weighted by Gasteiger charge is -2.23. The molecule has 3 aromatic heterocycles. The highest BCUT2D eigenvalue weighted by Crippen LogP contribution is 2.30. The van der Waals surface area contributed by atoms with Gasteiger partial charge in [-0.1, -0.05) is 12.1 Å². The van der Waals surface area contributed by atoms with E-state index < -0.39 is 6.30 Å². The van der Waals surface area contributed by atoms with Crippen molar-refractivity contribution in [2.75, 3.05) is 26.2 Å². The number of hydrogen-bond acceptors (Lipinski definition) is 4. The van der Waals surface area contributed by atoms with Crippen LogP contribution in [0.15, 0.2) is 60.9 Å². The molecule has 9 heteroatoms. The van der Waals surface area contributed by atoms with Crippen molar-refractivity contribution >= 4 is 5.65 Å². The molecule has 1 saturated heterocycles. The summed E-state index contributed by atoms with van der Waals surface area (Å²) in [4.78, 5) is 7.54. The fourth-order valence-corrected chi connectivity index (χ4v) is 4.69. The molecule has 1 aromatic carbocycles. The minimum absolute atomic E-state index is 0.00721. The zero-order valence-corrected chi connectivity index (χ0v) is 19.3. The third-order valence-electron chi connectivity index (χ3n) is 6.56. The average molecular weight is 479 g/mol. The Bertz CT molecular complexity index is 1380. The highest BCUT2D eigenvalue weighted by molar-refractivity contribution is 5.69. The Labute approximate surface area is 201 Å². The molecule has 0 spiro atoms. The number of alkyl halides is 3. The standard InChI is InChI=1S/C26H25F3N6/c1-32-11-2-4-22(32)21-9-10-24-31-25(20-7-5-19(16-30)6-8-20)23(35(24)17-21)18-33-12-3-13-34(15-14-33)26(27,28)29/h2,4-11,17H,3,12-15,18H2,1H3. The van der Waals surface area contributed by atoms with Crippen LogP contribution in [0.1, 0.15) is 17.7 Å². The van der Waals surface area contributed by atoms with Gasteiger partial charge in [0.1, 0.15) is 5.65 Å². The fourth-order valence-electron chi connectivity index (χ4n) is 4.69. The Kier molecular flexibility index (Phi) is 6.09. The Morgan fingerprint density at radius 3 is 2.43 bits per heavy atom. The lowest BCUT2D eigenvalue weighted by molar-refractivity contribution is -0.244. The lowest BCUT2D eigenvalue weighted by Crippen LogP contribution is -2.40. The molecule has 1 fully saturated rings. The van der Waals surface area contributed by atoms with Gasteiger partial charge in [0.25, 0.3) is 0 Å². The molecular formula is C26H25F3N6. The summed E-state index contributed by atoms with van der Waals surface area (Å²) in [5.74, 6) is 0. The molecule has 5 rings (SSSR count). The van der Waals surface area contributed by atoms with E-state index in [4.69, 9.17) is 4.98 Å². The third-order valence-corrected chi connectivity index (χ3v) is 6.56. The first-order valence-electron chi connectivity index (χ1n) is 11.5. The zero-order valence-electron chi connectivity index (χ0n) is 19.3. The Morgan fingerprint density at radius 2 is 1.74 bits per heavy atom. The first-order chi connectivity index (χ1) is 16.8. The maximum Gasteiger partial charge on any atom is 0.459 e. The second-order valence-corrected chi connectivity index (χ2v) is 8.83. The fraction of sp³-hybridized carbons (Fsp3) is 0.308. The summed E-state index contributed by atoms with van der Waals surface area (Å²) < 4.78 is 43.9. The van der Waals surface area contributed by atoms with Gasteiger partial charge in [0.2, 0.25) is 0 Å². The minimum atomic E-state index is -4.31. The van der Waals surface area contributed by atoms with Crippen molar-refractivity contribution < 1.29 is 13.2 Å². The molecule has 0 saturated carbocycles. The largest absolute Gasteiger partial charge is 0.459 e. The van der Waals surface area contributed by atoms with Crippen LogP contribution in [0.5, 0.6) is 0 Å². The molecule has 35 heavy (non-hydrogen) atoms. The number of nitriles is 1. The number of halogens is 3. The van der Waals surface area contributed by atoms with E-state index in [0.29, 0.717) is 36.5 Å². The maximum absolute atomic E-state index is 13.3. The van der Waals surface area contributed by atoms with Gasteiger partial charge in [-0.15, -0.1) is 0 Å². The molecule has 0 radical (unpaired) electrons. The monoisotopic (exact) mass is 478 g/mol. The van der Waals surface area contributed by atoms with Crippen molar-refractivity contribution in [3.8, 4) is 28.6 Å². The Hall–Kier alpha value is -3.61. The zero-order chi connectivity index (χ0) is 24.6. The average Bonchev–Trinajstić information content (AvgIpc) is 3.33. The third kappa shape index (κ3) is 4.67. The number of aryl methyl sites for hydroxylation is 1. The molecule has 0 amide bonds. The first kappa shape index (κ1) is 23.1. The van der Waals surface area contributed by atoms with Gasteiger partial charge in [-0.25, -0.2) is 9.88 Å². The van der Waals surface area contributed by atoms with Crippen molar-refractivity contribution in [2.45, 2.75) is 19.3 Å². The number of fused-ring (bicyclic) bond motifs is 1. The Morgan fingerprint density at radius 1 is 0.971 bits per heavy atom. The molecular weight excluding hydrogens is 453 g/mol. The van der Waals surface area contributed by atoms with Crippen LogP contribution in [0.2, 0.25) is 0 Å². The van der Waals surface area contributed by atoms with Gasteiger partial charge in [-0.2, -0.15) is 18.4 Å². The van der Waals surface area contributed by atoms with E-state index in [2.05, 4.69) is 11.0 Å². The smallest absolute Gasteiger partial charge is 0.351 e. The summed E-state index contributed by atoms with van der Waals surface area (Å²) in [6.07, 6.45) is 0.161. The molecule has 0 atom stereocenters. The van der Waals surface area contributed by atoms with Crippen molar-refractivity contribution in [3.05, 3.63) is 72.2 Å². The molecule has 0 aliphatic carbocycles. The number of benzene rings is 1. The molecule has 180 valence electrons. The number of hydrogen-bond donors (Lipinski definition) is 0. The normalized spacial score (nSPS) is 15.9. The predicted molar refractivity (Wildman–Crippen MR) is 127 cm³/mol. The minimum Gasteiger partial charge on any atom is -0.351 e. The molecule has 0 unspecified atom stereocenters. The van der Waals surface area contributed by atoms with Gasteiger partial charge < -0.3 is 8.97 Å². The number of nitrogens with zero attached hydrogens (tertiary/aromatic N) is 6. The molecule has 1 aliphatic heterocycles. The summed E-state index contributed by atoms with van der Waals surface area (Å²) in [7, 11) is 1.99. The van der Waals surface area contributed by atoms with Crippen LogP contribution in [-0.2, 0) is 13.6 Å². The van der Waals surface area contributed by atoms with Crippen LogP contribution in [0, 0.1) is 11.3 Å². The molecule has 0 N–H and O–H groups in total. The SMILES string of the molecule is Cn1cccc1-c1ccc2nc(-c3ccc(C#N)cc3)c(CN3CCCN(C(F)(F)F)CC3)n2c1. The van der Waals surface area contributed by atoms with Gasteiger partial charge in [0.05, 0.1) is 23.0 Å². The van der Waals surface area contributed by atoms with E-state index in [9.17, 15) is 18.4 Å². The summed E-state index contributed by atoms with van der Waals surface area (Å²) in [5.41, 5.74) is 5.97. The van der Waals surface area contributed by atoms with Crippen molar-refractivity contribution in [3.63, 3.8) is 0 Å². The Balaban J connectivity index is 1.55. The number of imidazole rings is 1. The van der Waals surface area contributed by atoms with Gasteiger partial charge in [-0.05, 0) is 49.4 Å². The first-order valence-corrected chi connectivity index (χ1v) is 11.5. The van der Waals surface area contributed by atoms with Gasteiger partial charge >= 0.3 is 6.30 Å². The van der Waals surface area contributed by atoms with Crippen molar-refractivity contribution in [1.29, 1.82) is 5.26 Å². The molecule has 4 heterocycles. The molecule has 4 aromatic rings. The maximum atomic E-state index is 13.3. The van der Waals surface area contributed by atoms with Crippen LogP contribution in [0.3, 0.4) is 0 Å². The van der Waals surface area contributed by atoms with Crippen LogP contribution in [-0.4, -0.2) is 56.2 Å². The lowest BCUT2D eigenvalue weighted by atomic mass is 10.1. The van der Waals surface area contributed by atoms with E-state index in [0.717, 1.165) is 33.9 Å². The summed E-state index contributed by atoms with van der Waals surface area (Å²) in [6, 6.07) is 17.4. The highest BCUT2D eigenvalue weighted by Gasteiger charge is 2.37. The van der Waals surface area contributed by atoms with Gasteiger partial charge in [0, 0.05) is 62.4 Å². The van der Waals surface area contributed by atoms with Crippen molar-refractivity contribution in [2.24, 2.45) is 7.05 Å². The van der Waals surface area contributed by atoms with E-state index >= 15 is 0 Å². The van der Waals surface area contributed by atoms with E-state index in [1.807, 2.05) is 64.8 Å². The predicted octanol–water partition coefficient (Wildman–Crippen LogP) is 4.91. The summed E-state index contributed by atoms with van der Waals surface area (Å²) in [6.45, 7) is 1.31.